The molecule has 11 atom stereocenters. The van der Waals surface area contributed by atoms with Gasteiger partial charge in [-0.3, -0.25) is 52.7 Å². The zero-order chi connectivity index (χ0) is 62.4. The van der Waals surface area contributed by atoms with E-state index in [0.29, 0.717) is 28.5 Å². The van der Waals surface area contributed by atoms with Crippen LogP contribution in [0.25, 0.3) is 10.9 Å². The lowest BCUT2D eigenvalue weighted by atomic mass is 10.0. The fourth-order valence-corrected chi connectivity index (χ4v) is 9.51. The average molecular weight is 1200 g/mol. The molecule has 0 saturated carbocycles. The highest BCUT2D eigenvalue weighted by molar-refractivity contribution is 7.98. The minimum atomic E-state index is -2.00. The Labute approximate surface area is 486 Å². The number of aliphatic hydroxyl groups is 3. The molecule has 1 aliphatic heterocycles. The minimum Gasteiger partial charge on any atom is -0.481 e. The molecule has 0 radical (unpaired) electrons. The van der Waals surface area contributed by atoms with E-state index >= 15 is 0 Å². The topological polar surface area (TPSA) is 468 Å². The molecule has 30 heteroatoms. The van der Waals surface area contributed by atoms with E-state index in [4.69, 9.17) is 5.73 Å². The second-order valence-corrected chi connectivity index (χ2v) is 21.4. The van der Waals surface area contributed by atoms with Gasteiger partial charge in [-0.25, -0.2) is 4.79 Å². The molecule has 11 unspecified atom stereocenters. The molecule has 17 N–H and O–H groups in total. The van der Waals surface area contributed by atoms with Crippen LogP contribution < -0.4 is 48.3 Å². The molecule has 1 saturated heterocycles. The molecule has 84 heavy (non-hydrogen) atoms. The summed E-state index contributed by atoms with van der Waals surface area (Å²) in [7, 11) is 0. The zero-order valence-corrected chi connectivity index (χ0v) is 47.5. The number of carbonyl (C=O) groups excluding carboxylic acids is 9. The number of carbonyl (C=O) groups is 12. The molecule has 0 spiro atoms. The maximum absolute atomic E-state index is 14.7. The number of hydrogen-bond acceptors (Lipinski definition) is 17. The lowest BCUT2D eigenvalue weighted by molar-refractivity contribution is -0.146. The molecule has 29 nitrogen and oxygen atoms in total. The molecule has 460 valence electrons. The minimum absolute atomic E-state index is 0.00194. The molecule has 2 aromatic carbocycles. The van der Waals surface area contributed by atoms with Crippen molar-refractivity contribution in [2.45, 2.75) is 139 Å². The molecule has 4 rings (SSSR count). The van der Waals surface area contributed by atoms with Crippen molar-refractivity contribution < 1.29 is 88.2 Å². The highest BCUT2D eigenvalue weighted by atomic mass is 32.2. The maximum Gasteiger partial charge on any atom is 0.328 e. The van der Waals surface area contributed by atoms with E-state index in [1.165, 1.54) is 30.5 Å². The number of amides is 9. The number of carboxylic acid groups (broad SMARTS) is 3. The monoisotopic (exact) mass is 1200 g/mol. The predicted molar refractivity (Wildman–Crippen MR) is 301 cm³/mol. The quantitative estimate of drug-likeness (QED) is 0.0274. The number of aromatic amines is 1. The van der Waals surface area contributed by atoms with Gasteiger partial charge >= 0.3 is 17.9 Å². The third-order valence-electron chi connectivity index (χ3n) is 13.6. The van der Waals surface area contributed by atoms with Gasteiger partial charge in [-0.1, -0.05) is 62.4 Å². The number of thioether (sulfide) groups is 1. The number of nitrogens with one attached hydrogen (secondary N) is 9. The lowest BCUT2D eigenvalue weighted by Crippen LogP contribution is -2.61. The summed E-state index contributed by atoms with van der Waals surface area (Å²) in [4.78, 5) is 165. The fraction of sp³-hybridized carbons (Fsp3) is 0.519. The lowest BCUT2D eigenvalue weighted by Gasteiger charge is -2.30. The van der Waals surface area contributed by atoms with E-state index in [1.807, 2.05) is 0 Å². The summed E-state index contributed by atoms with van der Waals surface area (Å²) < 4.78 is 0. The first-order valence-corrected chi connectivity index (χ1v) is 28.3. The van der Waals surface area contributed by atoms with Crippen molar-refractivity contribution in [1.29, 1.82) is 0 Å². The number of H-pyrrole nitrogens is 1. The number of nitrogens with zero attached hydrogens (tertiary/aromatic N) is 1. The highest BCUT2D eigenvalue weighted by Crippen LogP contribution is 2.23. The van der Waals surface area contributed by atoms with Gasteiger partial charge in [-0.2, -0.15) is 11.8 Å². The molecule has 3 aromatic rings. The van der Waals surface area contributed by atoms with Crippen LogP contribution in [0.1, 0.15) is 70.4 Å². The van der Waals surface area contributed by atoms with Crippen molar-refractivity contribution in [3.05, 3.63) is 71.9 Å². The van der Waals surface area contributed by atoms with Crippen LogP contribution in [0, 0.1) is 5.92 Å². The van der Waals surface area contributed by atoms with Gasteiger partial charge in [-0.05, 0) is 67.7 Å². The Balaban J connectivity index is 1.59. The number of para-hydroxylation sites is 1. The van der Waals surface area contributed by atoms with Crippen molar-refractivity contribution >= 4 is 93.7 Å². The number of aromatic nitrogens is 1. The van der Waals surface area contributed by atoms with Crippen LogP contribution in [0.2, 0.25) is 0 Å². The van der Waals surface area contributed by atoms with Crippen molar-refractivity contribution in [3.8, 4) is 0 Å². The van der Waals surface area contributed by atoms with Gasteiger partial charge in [0.2, 0.25) is 53.2 Å². The zero-order valence-electron chi connectivity index (χ0n) is 46.7. The van der Waals surface area contributed by atoms with Crippen LogP contribution in [-0.2, 0) is 70.4 Å². The van der Waals surface area contributed by atoms with Crippen molar-refractivity contribution in [1.82, 2.24) is 52.4 Å². The molecule has 0 aliphatic carbocycles. The molecule has 1 aliphatic rings. The molecular formula is C54H75N11O18S. The second kappa shape index (κ2) is 33.2. The van der Waals surface area contributed by atoms with Gasteiger partial charge in [0.15, 0.2) is 6.04 Å². The van der Waals surface area contributed by atoms with Gasteiger partial charge in [0.05, 0.1) is 25.7 Å². The number of aliphatic carboxylic acids is 3. The summed E-state index contributed by atoms with van der Waals surface area (Å²) in [6, 6.07) is 0.0126. The highest BCUT2D eigenvalue weighted by Gasteiger charge is 2.41. The van der Waals surface area contributed by atoms with Gasteiger partial charge in [0.25, 0.3) is 0 Å². The largest absolute Gasteiger partial charge is 0.481 e. The van der Waals surface area contributed by atoms with Gasteiger partial charge in [0, 0.05) is 42.9 Å². The first-order valence-electron chi connectivity index (χ1n) is 26.9. The summed E-state index contributed by atoms with van der Waals surface area (Å²) in [6.45, 7) is 2.15. The summed E-state index contributed by atoms with van der Waals surface area (Å²) in [5, 5.41) is 78.1. The smallest absolute Gasteiger partial charge is 0.328 e. The van der Waals surface area contributed by atoms with E-state index in [2.05, 4.69) is 47.5 Å². The fourth-order valence-electron chi connectivity index (χ4n) is 9.04. The van der Waals surface area contributed by atoms with Crippen LogP contribution in [0.15, 0.2) is 60.8 Å². The summed E-state index contributed by atoms with van der Waals surface area (Å²) in [5.41, 5.74) is 7.71. The standard InChI is InChI=1S/C54H75N11O18S/c1-27(2)43(52(80)64-44(28(3)68)54(82)83)63-49(77)37(23-42(71)72)59-50(78)39(26-67)62-46(74)34(16-17-41(69)70)57-47(75)35(18-20-84-4)58-48(76)36(22-30-24-56-33-14-9-8-13-31(30)33)60-51(79)40-15-10-19-65(40)53(81)38(61-45(73)32(55)25-66)21-29-11-6-5-7-12-29/h5-9,11-14,24,27-28,32,34-40,43-44,56,66-68H,10,15-23,25-26,55H2,1-4H3,(H,57,75)(H,58,76)(H,59,78)(H,60,79)(H,61,73)(H,62,74)(H,63,77)(H,64,80)(H,69,70)(H,71,72)(H,82,83). The number of nitrogens with two attached hydrogens (primary N) is 1. The molecule has 1 fully saturated rings. The molecule has 0 bridgehead atoms. The third kappa shape index (κ3) is 20.3. The Morgan fingerprint density at radius 3 is 1.77 bits per heavy atom. The van der Waals surface area contributed by atoms with E-state index in [-0.39, 0.29) is 38.0 Å². The van der Waals surface area contributed by atoms with Gasteiger partial charge in [0.1, 0.15) is 54.4 Å². The van der Waals surface area contributed by atoms with E-state index in [0.717, 1.165) is 6.92 Å². The van der Waals surface area contributed by atoms with Crippen LogP contribution >= 0.6 is 11.8 Å². The van der Waals surface area contributed by atoms with Crippen LogP contribution in [-0.4, -0.2) is 210 Å². The maximum atomic E-state index is 14.7. The number of hydrogen-bond donors (Lipinski definition) is 16. The number of aliphatic hydroxyl groups excluding tert-OH is 3. The first kappa shape index (κ1) is 68.3. The number of fused-ring (bicyclic) bond motifs is 1. The first-order chi connectivity index (χ1) is 39.8. The number of benzene rings is 2. The summed E-state index contributed by atoms with van der Waals surface area (Å²) in [6.07, 6.45) is -0.502. The summed E-state index contributed by atoms with van der Waals surface area (Å²) in [5.74, 6) is -14.3. The van der Waals surface area contributed by atoms with Crippen LogP contribution in [0.3, 0.4) is 0 Å². The van der Waals surface area contributed by atoms with E-state index in [1.54, 1.807) is 67.0 Å². The Kier molecular flexibility index (Phi) is 27.0. The normalized spacial score (nSPS) is 16.6. The van der Waals surface area contributed by atoms with E-state index in [9.17, 15) is 88.2 Å². The van der Waals surface area contributed by atoms with Crippen molar-refractivity contribution in [2.75, 3.05) is 31.8 Å². The number of likely N-dealkylation sites (tertiary alicyclic amines) is 1. The Morgan fingerprint density at radius 2 is 1.19 bits per heavy atom. The van der Waals surface area contributed by atoms with Crippen LogP contribution in [0.4, 0.5) is 0 Å². The number of carboxylic acids is 3. The van der Waals surface area contributed by atoms with Crippen LogP contribution in [0.5, 0.6) is 0 Å². The van der Waals surface area contributed by atoms with Gasteiger partial charge in [-0.15, -0.1) is 0 Å². The number of rotatable bonds is 34. The SMILES string of the molecule is CSCCC(NC(=O)C(Cc1c[nH]c2ccccc12)NC(=O)C1CCCN1C(=O)C(Cc1ccccc1)NC(=O)C(N)CO)C(=O)NC(CCC(=O)O)C(=O)NC(CO)C(=O)NC(CC(=O)O)C(=O)NC(C(=O)NC(C(=O)O)C(C)O)C(C)C. The van der Waals surface area contributed by atoms with Crippen molar-refractivity contribution in [2.24, 2.45) is 11.7 Å². The second-order valence-electron chi connectivity index (χ2n) is 20.4. The molecule has 1 aromatic heterocycles. The molecular weight excluding hydrogens is 1120 g/mol. The van der Waals surface area contributed by atoms with E-state index < -0.39 is 176 Å². The Morgan fingerprint density at radius 1 is 0.631 bits per heavy atom. The predicted octanol–water partition coefficient (Wildman–Crippen LogP) is -3.65. The van der Waals surface area contributed by atoms with Gasteiger partial charge < -0.3 is 88.8 Å². The molecule has 9 amide bonds. The third-order valence-corrected chi connectivity index (χ3v) is 14.3. The Bertz CT molecular complexity index is 2820. The molecule has 2 heterocycles. The van der Waals surface area contributed by atoms with Crippen molar-refractivity contribution in [3.63, 3.8) is 0 Å². The average Bonchev–Trinajstić information content (AvgIpc) is 4.08. The Hall–Kier alpha value is -8.19. The summed E-state index contributed by atoms with van der Waals surface area (Å²) >= 11 is 1.27.